The van der Waals surface area contributed by atoms with Gasteiger partial charge in [-0.15, -0.1) is 0 Å². The predicted octanol–water partition coefficient (Wildman–Crippen LogP) is 3.92. The van der Waals surface area contributed by atoms with E-state index in [1.807, 2.05) is 6.07 Å². The zero-order chi connectivity index (χ0) is 14.1. The zero-order valence-corrected chi connectivity index (χ0v) is 13.8. The fourth-order valence-electron chi connectivity index (χ4n) is 2.81. The van der Waals surface area contributed by atoms with Crippen LogP contribution >= 0.6 is 23.4 Å². The molecule has 2 nitrogen and oxygen atoms in total. The predicted molar refractivity (Wildman–Crippen MR) is 90.0 cm³/mol. The lowest BCUT2D eigenvalue weighted by Crippen LogP contribution is -2.45. The molecule has 1 heterocycles. The number of hydrogen-bond acceptors (Lipinski definition) is 3. The van der Waals surface area contributed by atoms with E-state index in [1.165, 1.54) is 29.8 Å². The van der Waals surface area contributed by atoms with Gasteiger partial charge in [-0.1, -0.05) is 30.7 Å². The molecule has 1 aliphatic heterocycles. The molecule has 2 unspecified atom stereocenters. The molecule has 0 amide bonds. The van der Waals surface area contributed by atoms with E-state index >= 15 is 0 Å². The summed E-state index contributed by atoms with van der Waals surface area (Å²) in [6, 6.07) is 7.58. The summed E-state index contributed by atoms with van der Waals surface area (Å²) in [6.07, 6.45) is 2.65. The van der Waals surface area contributed by atoms with E-state index in [4.69, 9.17) is 11.6 Å². The van der Waals surface area contributed by atoms with Crippen LogP contribution in [0.4, 0.5) is 5.69 Å². The van der Waals surface area contributed by atoms with Crippen LogP contribution in [0.25, 0.3) is 0 Å². The highest BCUT2D eigenvalue weighted by Crippen LogP contribution is 2.36. The number of hydrogen-bond donors (Lipinski definition) is 1. The normalized spacial score (nSPS) is 26.9. The van der Waals surface area contributed by atoms with Crippen LogP contribution in [-0.2, 0) is 6.54 Å². The summed E-state index contributed by atoms with van der Waals surface area (Å²) in [7, 11) is 0. The van der Waals surface area contributed by atoms with Crippen molar-refractivity contribution < 1.29 is 0 Å². The summed E-state index contributed by atoms with van der Waals surface area (Å²) in [5.41, 5.74) is 2.59. The van der Waals surface area contributed by atoms with Crippen molar-refractivity contribution in [3.8, 4) is 0 Å². The molecule has 0 spiro atoms. The van der Waals surface area contributed by atoms with Crippen molar-refractivity contribution in [3.63, 3.8) is 0 Å². The van der Waals surface area contributed by atoms with Gasteiger partial charge in [0.15, 0.2) is 0 Å². The molecule has 3 rings (SSSR count). The third-order valence-corrected chi connectivity index (χ3v) is 6.04. The highest BCUT2D eigenvalue weighted by molar-refractivity contribution is 8.00. The second-order valence-corrected chi connectivity index (χ2v) is 7.80. The molecule has 0 bridgehead atoms. The Morgan fingerprint density at radius 2 is 2.15 bits per heavy atom. The van der Waals surface area contributed by atoms with Crippen molar-refractivity contribution in [2.45, 2.75) is 50.6 Å². The lowest BCUT2D eigenvalue weighted by atomic mass is 10.1. The zero-order valence-electron chi connectivity index (χ0n) is 12.2. The molecule has 2 fully saturated rings. The van der Waals surface area contributed by atoms with E-state index in [2.05, 4.69) is 48.0 Å². The first-order valence-electron chi connectivity index (χ1n) is 7.56. The number of rotatable bonds is 4. The van der Waals surface area contributed by atoms with Crippen LogP contribution in [0.2, 0.25) is 5.02 Å². The van der Waals surface area contributed by atoms with Gasteiger partial charge in [0.05, 0.1) is 10.7 Å². The molecule has 1 saturated heterocycles. The highest BCUT2D eigenvalue weighted by Gasteiger charge is 2.28. The van der Waals surface area contributed by atoms with Gasteiger partial charge < -0.3 is 10.2 Å². The van der Waals surface area contributed by atoms with Crippen LogP contribution in [0.5, 0.6) is 0 Å². The van der Waals surface area contributed by atoms with E-state index in [-0.39, 0.29) is 0 Å². The third kappa shape index (κ3) is 3.10. The van der Waals surface area contributed by atoms with Crippen LogP contribution < -0.4 is 10.2 Å². The Kier molecular flexibility index (Phi) is 4.49. The minimum absolute atomic E-state index is 0.535. The lowest BCUT2D eigenvalue weighted by Gasteiger charge is -2.40. The number of para-hydroxylation sites is 1. The van der Waals surface area contributed by atoms with E-state index in [0.29, 0.717) is 11.3 Å². The summed E-state index contributed by atoms with van der Waals surface area (Å²) in [6.45, 7) is 6.67. The maximum atomic E-state index is 6.53. The quantitative estimate of drug-likeness (QED) is 0.907. The molecule has 1 aromatic rings. The van der Waals surface area contributed by atoms with Gasteiger partial charge in [-0.3, -0.25) is 0 Å². The number of thioether (sulfide) groups is 1. The van der Waals surface area contributed by atoms with Gasteiger partial charge in [0, 0.05) is 36.2 Å². The molecule has 1 N–H and O–H groups in total. The Bertz CT molecular complexity index is 476. The maximum Gasteiger partial charge on any atom is 0.0643 e. The van der Waals surface area contributed by atoms with Crippen molar-refractivity contribution in [2.24, 2.45) is 0 Å². The van der Waals surface area contributed by atoms with Gasteiger partial charge >= 0.3 is 0 Å². The monoisotopic (exact) mass is 310 g/mol. The Hall–Kier alpha value is -0.380. The lowest BCUT2D eigenvalue weighted by molar-refractivity contribution is 0.619. The molecule has 0 aromatic heterocycles. The average Bonchev–Trinajstić information content (AvgIpc) is 3.24. The Labute approximate surface area is 131 Å². The van der Waals surface area contributed by atoms with E-state index < -0.39 is 0 Å². The van der Waals surface area contributed by atoms with Crippen LogP contribution in [0.15, 0.2) is 18.2 Å². The van der Waals surface area contributed by atoms with E-state index in [9.17, 15) is 0 Å². The largest absolute Gasteiger partial charge is 0.365 e. The van der Waals surface area contributed by atoms with Crippen molar-refractivity contribution >= 4 is 29.1 Å². The number of nitrogens with one attached hydrogen (secondary N) is 1. The second kappa shape index (κ2) is 6.17. The highest BCUT2D eigenvalue weighted by atomic mass is 35.5. The average molecular weight is 311 g/mol. The Morgan fingerprint density at radius 1 is 1.35 bits per heavy atom. The molecule has 0 radical (unpaired) electrons. The summed E-state index contributed by atoms with van der Waals surface area (Å²) in [5, 5.41) is 5.17. The first-order valence-corrected chi connectivity index (χ1v) is 8.98. The topological polar surface area (TPSA) is 15.3 Å². The molecule has 2 aliphatic rings. The smallest absolute Gasteiger partial charge is 0.0643 e. The van der Waals surface area contributed by atoms with Gasteiger partial charge in [0.1, 0.15) is 0 Å². The maximum absolute atomic E-state index is 6.53. The van der Waals surface area contributed by atoms with Gasteiger partial charge in [-0.05, 0) is 31.4 Å². The number of benzene rings is 1. The molecule has 1 aliphatic carbocycles. The minimum atomic E-state index is 0.535. The van der Waals surface area contributed by atoms with Crippen molar-refractivity contribution in [1.82, 2.24) is 5.32 Å². The molecule has 4 heteroatoms. The first-order chi connectivity index (χ1) is 9.66. The summed E-state index contributed by atoms with van der Waals surface area (Å²) < 4.78 is 0. The third-order valence-electron chi connectivity index (χ3n) is 4.40. The molecule has 1 aromatic carbocycles. The first kappa shape index (κ1) is 14.6. The number of nitrogens with zero attached hydrogens (tertiary/aromatic N) is 1. The standard InChI is InChI=1S/C16H23ClN2S/c1-11-12(2)20-9-8-19(11)16-13(4-3-5-15(16)17)10-18-14-6-7-14/h3-5,11-12,14,18H,6-10H2,1-2H3. The molecule has 1 saturated carbocycles. The number of halogens is 1. The molecule has 110 valence electrons. The van der Waals surface area contributed by atoms with Gasteiger partial charge in [0.2, 0.25) is 0 Å². The number of anilines is 1. The molecular weight excluding hydrogens is 288 g/mol. The van der Waals surface area contributed by atoms with Crippen LogP contribution in [0, 0.1) is 0 Å². The van der Waals surface area contributed by atoms with Crippen LogP contribution in [-0.4, -0.2) is 29.6 Å². The fraction of sp³-hybridized carbons (Fsp3) is 0.625. The van der Waals surface area contributed by atoms with Crippen molar-refractivity contribution in [1.29, 1.82) is 0 Å². The fourth-order valence-corrected chi connectivity index (χ4v) is 4.22. The van der Waals surface area contributed by atoms with Crippen LogP contribution in [0.1, 0.15) is 32.3 Å². The molecule has 2 atom stereocenters. The Morgan fingerprint density at radius 3 is 2.90 bits per heavy atom. The summed E-state index contributed by atoms with van der Waals surface area (Å²) >= 11 is 8.59. The molecule has 20 heavy (non-hydrogen) atoms. The van der Waals surface area contributed by atoms with Crippen LogP contribution in [0.3, 0.4) is 0 Å². The Balaban J connectivity index is 1.85. The summed E-state index contributed by atoms with van der Waals surface area (Å²) in [5.74, 6) is 1.19. The van der Waals surface area contributed by atoms with E-state index in [0.717, 1.165) is 24.2 Å². The second-order valence-electron chi connectivity index (χ2n) is 5.91. The van der Waals surface area contributed by atoms with Gasteiger partial charge in [-0.25, -0.2) is 0 Å². The van der Waals surface area contributed by atoms with Gasteiger partial charge in [0.25, 0.3) is 0 Å². The SMILES string of the molecule is CC1SCCN(c2c(Cl)cccc2CNC2CC2)C1C. The minimum Gasteiger partial charge on any atom is -0.365 e. The van der Waals surface area contributed by atoms with Crippen molar-refractivity contribution in [2.75, 3.05) is 17.2 Å². The van der Waals surface area contributed by atoms with Crippen molar-refractivity contribution in [3.05, 3.63) is 28.8 Å². The summed E-state index contributed by atoms with van der Waals surface area (Å²) in [4.78, 5) is 2.51. The molecular formula is C16H23ClN2S. The van der Waals surface area contributed by atoms with E-state index in [1.54, 1.807) is 0 Å². The van der Waals surface area contributed by atoms with Gasteiger partial charge in [-0.2, -0.15) is 11.8 Å².